The summed E-state index contributed by atoms with van der Waals surface area (Å²) < 4.78 is 0. The Kier molecular flexibility index (Phi) is 7.07. The number of carbonyl (C=O) groups is 3. The van der Waals surface area contributed by atoms with Gasteiger partial charge in [0.2, 0.25) is 17.7 Å². The van der Waals surface area contributed by atoms with E-state index in [0.717, 1.165) is 23.2 Å². The summed E-state index contributed by atoms with van der Waals surface area (Å²) in [4.78, 5) is 44.6. The molecule has 38 heavy (non-hydrogen) atoms. The second-order valence-electron chi connectivity index (χ2n) is 11.9. The number of benzene rings is 2. The molecule has 0 spiro atoms. The summed E-state index contributed by atoms with van der Waals surface area (Å²) >= 11 is 0. The van der Waals surface area contributed by atoms with Gasteiger partial charge in [-0.05, 0) is 76.6 Å². The van der Waals surface area contributed by atoms with Crippen LogP contribution in [0, 0.1) is 11.3 Å². The number of hydrogen-bond donors (Lipinski definition) is 2. The minimum atomic E-state index is -0.870. The van der Waals surface area contributed by atoms with Gasteiger partial charge >= 0.3 is 0 Å². The van der Waals surface area contributed by atoms with Gasteiger partial charge in [0.1, 0.15) is 0 Å². The topological polar surface area (TPSA) is 95.7 Å². The van der Waals surface area contributed by atoms with Gasteiger partial charge in [-0.1, -0.05) is 48.5 Å². The molecule has 2 aromatic carbocycles. The lowest BCUT2D eigenvalue weighted by molar-refractivity contribution is -0.148. The number of hydrogen-bond acceptors (Lipinski definition) is 4. The van der Waals surface area contributed by atoms with Crippen LogP contribution < -0.4 is 16.0 Å². The molecule has 3 N–H and O–H groups in total. The lowest BCUT2D eigenvalue weighted by atomic mass is 9.69. The molecule has 3 atom stereocenters. The fourth-order valence-electron chi connectivity index (χ4n) is 7.07. The Morgan fingerprint density at radius 1 is 1.03 bits per heavy atom. The van der Waals surface area contributed by atoms with E-state index in [1.54, 1.807) is 0 Å². The van der Waals surface area contributed by atoms with Gasteiger partial charge in [-0.25, -0.2) is 0 Å². The monoisotopic (exact) mass is 516 g/mol. The van der Waals surface area contributed by atoms with E-state index in [-0.39, 0.29) is 29.8 Å². The zero-order chi connectivity index (χ0) is 27.1. The van der Waals surface area contributed by atoms with E-state index in [0.29, 0.717) is 45.2 Å². The third-order valence-corrected chi connectivity index (χ3v) is 9.43. The molecule has 2 unspecified atom stereocenters. The van der Waals surface area contributed by atoms with Crippen molar-refractivity contribution < 1.29 is 14.4 Å². The summed E-state index contributed by atoms with van der Waals surface area (Å²) in [5.74, 6) is -0.746. The molecule has 2 heterocycles. The Morgan fingerprint density at radius 3 is 2.32 bits per heavy atom. The largest absolute Gasteiger partial charge is 0.369 e. The Morgan fingerprint density at radius 2 is 1.68 bits per heavy atom. The number of nitrogens with one attached hydrogen (secondary N) is 1. The van der Waals surface area contributed by atoms with Crippen LogP contribution in [0.1, 0.15) is 57.1 Å². The van der Waals surface area contributed by atoms with Crippen LogP contribution in [0.3, 0.4) is 0 Å². The number of nitrogens with zero attached hydrogens (tertiary/aromatic N) is 2. The number of para-hydroxylation sites is 1. The zero-order valence-corrected chi connectivity index (χ0v) is 22.8. The molecule has 1 saturated carbocycles. The van der Waals surface area contributed by atoms with Gasteiger partial charge < -0.3 is 20.9 Å². The molecular formula is C31H40N4O3. The van der Waals surface area contributed by atoms with E-state index >= 15 is 0 Å². The van der Waals surface area contributed by atoms with Crippen LogP contribution in [0.25, 0.3) is 0 Å². The molecule has 2 aromatic rings. The van der Waals surface area contributed by atoms with Gasteiger partial charge in [0.05, 0.1) is 16.7 Å². The van der Waals surface area contributed by atoms with Gasteiger partial charge in [-0.15, -0.1) is 0 Å². The highest BCUT2D eigenvalue weighted by atomic mass is 16.2. The highest BCUT2D eigenvalue weighted by molar-refractivity contribution is 6.08. The molecule has 0 bridgehead atoms. The number of primary amides is 1. The second kappa shape index (κ2) is 10.2. The van der Waals surface area contributed by atoms with Crippen molar-refractivity contribution in [1.29, 1.82) is 0 Å². The van der Waals surface area contributed by atoms with Gasteiger partial charge in [0, 0.05) is 30.9 Å². The number of piperidine rings is 1. The molecule has 1 saturated heterocycles. The maximum Gasteiger partial charge on any atom is 0.237 e. The first-order valence-electron chi connectivity index (χ1n) is 13.9. The Bertz CT molecular complexity index is 1200. The third kappa shape index (κ3) is 4.41. The van der Waals surface area contributed by atoms with Crippen molar-refractivity contribution in [1.82, 2.24) is 10.2 Å². The summed E-state index contributed by atoms with van der Waals surface area (Å²) in [6.07, 6.45) is 3.93. The summed E-state index contributed by atoms with van der Waals surface area (Å²) in [6.45, 7) is 5.10. The highest BCUT2D eigenvalue weighted by Gasteiger charge is 2.53. The highest BCUT2D eigenvalue weighted by Crippen LogP contribution is 2.47. The number of amides is 3. The SMILES string of the molecule is CNC1CCC(C(N)=O)([C@H](Cc2ccccc2)C(=O)N2CCC(N3C(=O)C(C)(C)c4ccccc43)CC2)C1. The first kappa shape index (κ1) is 26.4. The molecule has 7 heteroatoms. The minimum Gasteiger partial charge on any atom is -0.369 e. The van der Waals surface area contributed by atoms with E-state index in [2.05, 4.69) is 5.32 Å². The van der Waals surface area contributed by atoms with Crippen molar-refractivity contribution in [2.75, 3.05) is 25.0 Å². The molecule has 0 radical (unpaired) electrons. The van der Waals surface area contributed by atoms with Crippen molar-refractivity contribution in [3.63, 3.8) is 0 Å². The average molecular weight is 517 g/mol. The van der Waals surface area contributed by atoms with E-state index in [1.165, 1.54) is 0 Å². The van der Waals surface area contributed by atoms with Crippen LogP contribution >= 0.6 is 0 Å². The number of nitrogens with two attached hydrogens (primary N) is 1. The maximum atomic E-state index is 14.2. The lowest BCUT2D eigenvalue weighted by Crippen LogP contribution is -2.54. The van der Waals surface area contributed by atoms with Gasteiger partial charge in [0.25, 0.3) is 0 Å². The normalized spacial score (nSPS) is 25.9. The predicted molar refractivity (Wildman–Crippen MR) is 149 cm³/mol. The van der Waals surface area contributed by atoms with Crippen molar-refractivity contribution in [2.24, 2.45) is 17.1 Å². The van der Waals surface area contributed by atoms with Crippen molar-refractivity contribution in [2.45, 2.75) is 69.9 Å². The van der Waals surface area contributed by atoms with Crippen LogP contribution in [0.15, 0.2) is 54.6 Å². The standard InChI is InChI=1S/C31H40N4O3/c1-30(2)24-11-7-8-12-26(24)35(29(30)38)23-14-17-34(18-15-23)27(36)25(19-21-9-5-4-6-10-21)31(28(32)37)16-13-22(20-31)33-3/h4-12,22-23,25,33H,13-20H2,1-3H3,(H2,32,37)/t22?,25-,31?/m1/s1. The molecule has 5 rings (SSSR count). The molecule has 2 aliphatic heterocycles. The first-order valence-corrected chi connectivity index (χ1v) is 13.9. The molecule has 3 aliphatic rings. The van der Waals surface area contributed by atoms with Crippen LogP contribution in [0.2, 0.25) is 0 Å². The van der Waals surface area contributed by atoms with Crippen molar-refractivity contribution in [3.8, 4) is 0 Å². The van der Waals surface area contributed by atoms with Crippen LogP contribution in [-0.2, 0) is 26.2 Å². The maximum absolute atomic E-state index is 14.2. The van der Waals surface area contributed by atoms with Crippen LogP contribution in [-0.4, -0.2) is 54.8 Å². The van der Waals surface area contributed by atoms with Crippen molar-refractivity contribution >= 4 is 23.4 Å². The number of anilines is 1. The number of fused-ring (bicyclic) bond motifs is 1. The summed E-state index contributed by atoms with van der Waals surface area (Å²) in [7, 11) is 1.90. The summed E-state index contributed by atoms with van der Waals surface area (Å²) in [5, 5.41) is 3.30. The Balaban J connectivity index is 1.37. The molecule has 2 fully saturated rings. The second-order valence-corrected chi connectivity index (χ2v) is 11.9. The smallest absolute Gasteiger partial charge is 0.237 e. The third-order valence-electron chi connectivity index (χ3n) is 9.43. The predicted octanol–water partition coefficient (Wildman–Crippen LogP) is 3.40. The van der Waals surface area contributed by atoms with Crippen LogP contribution in [0.5, 0.6) is 0 Å². The molecule has 7 nitrogen and oxygen atoms in total. The molecular weight excluding hydrogens is 476 g/mol. The fraction of sp³-hybridized carbons (Fsp3) is 0.516. The van der Waals surface area contributed by atoms with Crippen LogP contribution in [0.4, 0.5) is 5.69 Å². The zero-order valence-electron chi connectivity index (χ0n) is 22.8. The van der Waals surface area contributed by atoms with E-state index in [1.807, 2.05) is 85.3 Å². The lowest BCUT2D eigenvalue weighted by Gasteiger charge is -2.42. The van der Waals surface area contributed by atoms with Gasteiger partial charge in [-0.2, -0.15) is 0 Å². The van der Waals surface area contributed by atoms with Gasteiger partial charge in [-0.3, -0.25) is 14.4 Å². The molecule has 1 aliphatic carbocycles. The molecule has 202 valence electrons. The minimum absolute atomic E-state index is 0.0105. The van der Waals surface area contributed by atoms with E-state index in [4.69, 9.17) is 5.73 Å². The van der Waals surface area contributed by atoms with Gasteiger partial charge in [0.15, 0.2) is 0 Å². The first-order chi connectivity index (χ1) is 18.2. The average Bonchev–Trinajstić information content (AvgIpc) is 3.46. The van der Waals surface area contributed by atoms with Crippen molar-refractivity contribution in [3.05, 3.63) is 65.7 Å². The number of carbonyl (C=O) groups excluding carboxylic acids is 3. The number of rotatable bonds is 7. The van der Waals surface area contributed by atoms with E-state index in [9.17, 15) is 14.4 Å². The Hall–Kier alpha value is -3.19. The summed E-state index contributed by atoms with van der Waals surface area (Å²) in [5.41, 5.74) is 7.75. The number of likely N-dealkylation sites (tertiary alicyclic amines) is 1. The molecule has 0 aromatic heterocycles. The fourth-order valence-corrected chi connectivity index (χ4v) is 7.07. The quantitative estimate of drug-likeness (QED) is 0.590. The Labute approximate surface area is 225 Å². The molecule has 3 amide bonds. The van der Waals surface area contributed by atoms with E-state index < -0.39 is 16.7 Å². The summed E-state index contributed by atoms with van der Waals surface area (Å²) in [6, 6.07) is 18.2.